The monoisotopic (exact) mass is 1080 g/mol. The number of nitrogens with one attached hydrogen (secondary N) is 3. The molecule has 4 aromatic carbocycles. The highest BCUT2D eigenvalue weighted by atomic mass is 32.2. The molecule has 0 radical (unpaired) electrons. The third kappa shape index (κ3) is 15.1. The maximum atomic E-state index is 13.6. The van der Waals surface area contributed by atoms with E-state index in [1.165, 1.54) is 29.8 Å². The molecule has 5 aromatic rings. The van der Waals surface area contributed by atoms with E-state index in [4.69, 9.17) is 28.8 Å². The summed E-state index contributed by atoms with van der Waals surface area (Å²) >= 11 is 0. The first kappa shape index (κ1) is 54.8. The van der Waals surface area contributed by atoms with Gasteiger partial charge >= 0.3 is 12.3 Å². The predicted molar refractivity (Wildman–Crippen MR) is 269 cm³/mol. The zero-order chi connectivity index (χ0) is 52.8. The molecule has 4 N–H and O–H groups in total. The quantitative estimate of drug-likeness (QED) is 0.0428. The van der Waals surface area contributed by atoms with Crippen molar-refractivity contribution in [3.8, 4) is 28.5 Å². The highest BCUT2D eigenvalue weighted by Gasteiger charge is 2.53. The molecule has 3 aliphatic rings. The van der Waals surface area contributed by atoms with Crippen LogP contribution in [0.3, 0.4) is 0 Å². The lowest BCUT2D eigenvalue weighted by atomic mass is 9.90. The van der Waals surface area contributed by atoms with Gasteiger partial charge in [-0.25, -0.2) is 26.6 Å². The van der Waals surface area contributed by atoms with Gasteiger partial charge in [0.2, 0.25) is 15.9 Å². The highest BCUT2D eigenvalue weighted by molar-refractivity contribution is 7.89. The number of carboxylic acid groups (broad SMARTS) is 1. The number of ether oxygens (including phenoxy) is 7. The van der Waals surface area contributed by atoms with Crippen molar-refractivity contribution in [2.24, 2.45) is 0 Å². The number of fused-ring (bicyclic) bond motifs is 1. The first-order chi connectivity index (χ1) is 36.2. The Morgan fingerprint density at radius 3 is 2.03 bits per heavy atom. The minimum Gasteiger partial charge on any atom is -0.491 e. The molecule has 1 atom stereocenters. The molecule has 2 fully saturated rings. The number of carboxylic acids is 1. The predicted octanol–water partition coefficient (Wildman–Crippen LogP) is 5.88. The van der Waals surface area contributed by atoms with E-state index in [0.29, 0.717) is 105 Å². The summed E-state index contributed by atoms with van der Waals surface area (Å²) in [5, 5.41) is 13.9. The van der Waals surface area contributed by atoms with Gasteiger partial charge in [0.1, 0.15) is 35.7 Å². The molecular weight excluding hydrogens is 1020 g/mol. The summed E-state index contributed by atoms with van der Waals surface area (Å²) in [6, 6.07) is 29.9. The van der Waals surface area contributed by atoms with Crippen LogP contribution in [0.2, 0.25) is 0 Å². The Morgan fingerprint density at radius 2 is 1.39 bits per heavy atom. The van der Waals surface area contributed by atoms with E-state index in [1.54, 1.807) is 60.7 Å². The van der Waals surface area contributed by atoms with E-state index < -0.39 is 51.1 Å². The number of nitrogens with zero attached hydrogens (tertiary/aromatic N) is 2. The molecule has 400 valence electrons. The van der Waals surface area contributed by atoms with Crippen molar-refractivity contribution in [3.63, 3.8) is 0 Å². The molecule has 75 heavy (non-hydrogen) atoms. The number of aliphatic carboxylic acids is 1. The van der Waals surface area contributed by atoms with E-state index in [9.17, 15) is 35.8 Å². The number of amides is 2. The van der Waals surface area contributed by atoms with Crippen molar-refractivity contribution in [3.05, 3.63) is 126 Å². The fraction of sp³-hybridized carbons (Fsp3) is 0.385. The van der Waals surface area contributed by atoms with E-state index >= 15 is 0 Å². The standard InChI is InChI=1S/C52H57F2N5O14S2/c53-52(54)72-45-17-10-40(34-46(45)73-52)51(20-21-51)50(63)58-47-3-1-2-44(57-47)38-8-15-43(16-9-38)75(65,66)56-22-25-67-26-27-68-28-29-69-30-31-70-32-33-71-41-11-4-36(5-12-41)37-18-23-59(24-19-37)74(64)42-13-6-39(7-14-42)49(62)55-35-48(60)61/h1-17,34,37,56H,18-33,35H2,(H,55,62)(H,60,61)(H,57,58,63). The summed E-state index contributed by atoms with van der Waals surface area (Å²) < 4.78 is 108. The largest absolute Gasteiger partial charge is 0.586 e. The minimum atomic E-state index is -3.83. The van der Waals surface area contributed by atoms with Gasteiger partial charge in [0.25, 0.3) is 5.91 Å². The number of halogens is 2. The van der Waals surface area contributed by atoms with E-state index in [2.05, 4.69) is 41.9 Å². The second kappa shape index (κ2) is 25.4. The molecule has 1 saturated heterocycles. The van der Waals surface area contributed by atoms with Crippen molar-refractivity contribution >= 4 is 44.6 Å². The number of sulfonamides is 1. The molecular formula is C52H57F2N5O14S2. The summed E-state index contributed by atoms with van der Waals surface area (Å²) in [6.07, 6.45) is -1.05. The Labute approximate surface area is 434 Å². The number of hydrogen-bond donors (Lipinski definition) is 4. The van der Waals surface area contributed by atoms with Gasteiger partial charge in [0.15, 0.2) is 11.5 Å². The van der Waals surface area contributed by atoms with Crippen LogP contribution in [0.15, 0.2) is 119 Å². The fourth-order valence-corrected chi connectivity index (χ4v) is 10.6. The normalized spacial score (nSPS) is 16.2. The van der Waals surface area contributed by atoms with Crippen LogP contribution in [0, 0.1) is 0 Å². The van der Waals surface area contributed by atoms with Crippen LogP contribution >= 0.6 is 0 Å². The number of aromatic nitrogens is 1. The number of rotatable bonds is 28. The number of piperidine rings is 1. The number of anilines is 1. The molecule has 1 saturated carbocycles. The number of alkyl halides is 2. The Kier molecular flexibility index (Phi) is 18.6. The molecule has 2 aliphatic heterocycles. The second-order valence-corrected chi connectivity index (χ2v) is 20.9. The molecule has 19 nitrogen and oxygen atoms in total. The molecule has 3 heterocycles. The van der Waals surface area contributed by atoms with Crippen molar-refractivity contribution in [2.75, 3.05) is 91.0 Å². The van der Waals surface area contributed by atoms with Crippen LogP contribution in [0.5, 0.6) is 17.2 Å². The fourth-order valence-electron chi connectivity index (χ4n) is 8.36. The first-order valence-electron chi connectivity index (χ1n) is 24.3. The number of hydrogen-bond acceptors (Lipinski definition) is 14. The zero-order valence-corrected chi connectivity index (χ0v) is 42.3. The molecule has 0 bridgehead atoms. The average molecular weight is 1080 g/mol. The van der Waals surface area contributed by atoms with E-state index in [0.717, 1.165) is 18.6 Å². The smallest absolute Gasteiger partial charge is 0.491 e. The lowest BCUT2D eigenvalue weighted by Crippen LogP contribution is -2.34. The van der Waals surface area contributed by atoms with Gasteiger partial charge in [0, 0.05) is 30.8 Å². The summed E-state index contributed by atoms with van der Waals surface area (Å²) in [5.74, 6) is -0.868. The van der Waals surface area contributed by atoms with Gasteiger partial charge < -0.3 is 48.9 Å². The van der Waals surface area contributed by atoms with Crippen LogP contribution in [0.4, 0.5) is 14.6 Å². The van der Waals surface area contributed by atoms with Gasteiger partial charge in [-0.3, -0.25) is 14.4 Å². The third-order valence-electron chi connectivity index (χ3n) is 12.5. The molecule has 2 amide bonds. The first-order valence-corrected chi connectivity index (χ1v) is 26.9. The number of benzene rings is 4. The maximum Gasteiger partial charge on any atom is 0.586 e. The summed E-state index contributed by atoms with van der Waals surface area (Å²) in [7, 11) is -5.21. The Morgan fingerprint density at radius 1 is 0.760 bits per heavy atom. The zero-order valence-electron chi connectivity index (χ0n) is 40.7. The van der Waals surface area contributed by atoms with Gasteiger partial charge in [0.05, 0.1) is 73.8 Å². The number of carbonyl (C=O) groups excluding carboxylic acids is 2. The van der Waals surface area contributed by atoms with E-state index in [1.807, 2.05) is 16.4 Å². The lowest BCUT2D eigenvalue weighted by Gasteiger charge is -2.31. The molecule has 1 aromatic heterocycles. The number of carbonyl (C=O) groups is 3. The topological polar surface area (TPSA) is 239 Å². The van der Waals surface area contributed by atoms with Crippen LogP contribution in [-0.4, -0.2) is 137 Å². The minimum absolute atomic E-state index is 0.0485. The van der Waals surface area contributed by atoms with Gasteiger partial charge in [-0.1, -0.05) is 36.4 Å². The third-order valence-corrected chi connectivity index (χ3v) is 15.5. The maximum absolute atomic E-state index is 13.6. The van der Waals surface area contributed by atoms with Gasteiger partial charge in [-0.05, 0) is 116 Å². The van der Waals surface area contributed by atoms with E-state index in [-0.39, 0.29) is 47.9 Å². The molecule has 1 aliphatic carbocycles. The molecule has 8 rings (SSSR count). The van der Waals surface area contributed by atoms with Crippen LogP contribution in [0.1, 0.15) is 53.1 Å². The molecule has 0 spiro atoms. The van der Waals surface area contributed by atoms with Gasteiger partial charge in [-0.2, -0.15) is 0 Å². The summed E-state index contributed by atoms with van der Waals surface area (Å²) in [5.41, 5.74) is 2.22. The SMILES string of the molecule is O=C(O)CNC(=O)c1ccc(S(=O)N2CCC(c3ccc(OCCOCCOCCOCCOCCNS(=O)(=O)c4ccc(-c5cccc(NC(=O)C6(c7ccc8c(c7)OC(F)(F)O8)CC6)n5)cc4)cc3)CC2)cc1. The molecule has 1 unspecified atom stereocenters. The van der Waals surface area contributed by atoms with Crippen molar-refractivity contribution in [2.45, 2.75) is 53.1 Å². The average Bonchev–Trinajstić information content (AvgIpc) is 4.18. The van der Waals surface area contributed by atoms with Crippen molar-refractivity contribution in [1.29, 1.82) is 0 Å². The Bertz CT molecular complexity index is 2890. The Hall–Kier alpha value is -6.44. The van der Waals surface area contributed by atoms with Crippen LogP contribution < -0.4 is 29.6 Å². The number of pyridine rings is 1. The van der Waals surface area contributed by atoms with Crippen LogP contribution in [-0.2, 0) is 55.0 Å². The summed E-state index contributed by atoms with van der Waals surface area (Å²) in [6.45, 7) is 3.84. The van der Waals surface area contributed by atoms with Gasteiger partial charge in [-0.15, -0.1) is 8.78 Å². The second-order valence-electron chi connectivity index (χ2n) is 17.6. The van der Waals surface area contributed by atoms with Crippen LogP contribution in [0.25, 0.3) is 11.3 Å². The van der Waals surface area contributed by atoms with Crippen molar-refractivity contribution in [1.82, 2.24) is 19.3 Å². The summed E-state index contributed by atoms with van der Waals surface area (Å²) in [4.78, 5) is 41.4. The highest BCUT2D eigenvalue weighted by Crippen LogP contribution is 2.52. The Balaban J connectivity index is 0.621. The van der Waals surface area contributed by atoms with Crippen molar-refractivity contribution < 1.29 is 74.1 Å². The lowest BCUT2D eigenvalue weighted by molar-refractivity contribution is -0.286. The molecule has 23 heteroatoms.